The molecule has 1 unspecified atom stereocenters. The van der Waals surface area contributed by atoms with Crippen molar-refractivity contribution >= 4 is 17.9 Å². The van der Waals surface area contributed by atoms with Gasteiger partial charge in [0.05, 0.1) is 5.41 Å². The molecule has 0 heterocycles. The number of carbonyl (C=O) groups excluding carboxylic acids is 2. The van der Waals surface area contributed by atoms with Crippen molar-refractivity contribution in [2.24, 2.45) is 34.5 Å². The topological polar surface area (TPSA) is 110 Å². The molecule has 9 heteroatoms. The number of aliphatic hydroxyl groups is 1. The van der Waals surface area contributed by atoms with E-state index < -0.39 is 75.8 Å². The minimum atomic E-state index is -2.15. The van der Waals surface area contributed by atoms with Gasteiger partial charge in [-0.1, -0.05) is 27.7 Å². The fraction of sp³-hybridized carbons (Fsp3) is 0.741. The Bertz CT molecular complexity index is 1050. The molecule has 36 heavy (non-hydrogen) atoms. The molecule has 3 fully saturated rings. The van der Waals surface area contributed by atoms with Gasteiger partial charge in [-0.15, -0.1) is 0 Å². The van der Waals surface area contributed by atoms with Crippen molar-refractivity contribution in [3.8, 4) is 0 Å². The lowest BCUT2D eigenvalue weighted by molar-refractivity contribution is -0.206. The van der Waals surface area contributed by atoms with E-state index >= 15 is 8.78 Å². The summed E-state index contributed by atoms with van der Waals surface area (Å²) in [6, 6.07) is 0. The molecular formula is C27H36F2O7. The molecule has 0 radical (unpaired) electrons. The number of ether oxygens (including phenoxy) is 2. The van der Waals surface area contributed by atoms with Crippen LogP contribution >= 0.6 is 0 Å². The molecule has 2 N–H and O–H groups in total. The van der Waals surface area contributed by atoms with E-state index in [1.165, 1.54) is 6.92 Å². The minimum absolute atomic E-state index is 0.0110. The molecule has 0 amide bonds. The maximum atomic E-state index is 17.2. The highest BCUT2D eigenvalue weighted by Gasteiger charge is 2.77. The first-order valence-electron chi connectivity index (χ1n) is 12.7. The summed E-state index contributed by atoms with van der Waals surface area (Å²) in [7, 11) is 0. The van der Waals surface area contributed by atoms with Crippen LogP contribution in [0.15, 0.2) is 23.5 Å². The molecule has 0 saturated heterocycles. The number of aliphatic carboxylic acids is 1. The van der Waals surface area contributed by atoms with E-state index in [9.17, 15) is 24.6 Å². The molecule has 0 aromatic carbocycles. The van der Waals surface area contributed by atoms with Crippen molar-refractivity contribution in [1.29, 1.82) is 0 Å². The van der Waals surface area contributed by atoms with Crippen molar-refractivity contribution in [3.05, 3.63) is 23.5 Å². The number of aliphatic hydroxyl groups excluding tert-OH is 1. The lowest BCUT2D eigenvalue weighted by Crippen LogP contribution is -2.67. The standard InChI is InChI=1S/C27H36F2O7/c1-13(2)15(4)35-23(34)36-27(22(32)33)14(3)9-17-18-12-20(28)19-10-16(30)11-21(31)25(19,6)26(18,29)8-7-24(17,27)5/h10-11,13-15,17-18,20,30H,7-9,12H2,1-6H3,(H,32,33)/t14-,15?,17+,18+,20+,24+,25-,26-,27+/m1/s1. The highest BCUT2D eigenvalue weighted by Crippen LogP contribution is 2.71. The van der Waals surface area contributed by atoms with Crippen LogP contribution in [0.1, 0.15) is 67.2 Å². The fourth-order valence-electron chi connectivity index (χ4n) is 7.67. The number of ketones is 1. The third-order valence-electron chi connectivity index (χ3n) is 10.1. The molecule has 4 aliphatic rings. The van der Waals surface area contributed by atoms with Crippen LogP contribution in [0.3, 0.4) is 0 Å². The summed E-state index contributed by atoms with van der Waals surface area (Å²) < 4.78 is 43.8. The number of hydrogen-bond donors (Lipinski definition) is 2. The summed E-state index contributed by atoms with van der Waals surface area (Å²) in [6.45, 7) is 10.1. The fourth-order valence-corrected chi connectivity index (χ4v) is 7.67. The summed E-state index contributed by atoms with van der Waals surface area (Å²) in [5.41, 5.74) is -7.25. The molecule has 9 atom stereocenters. The van der Waals surface area contributed by atoms with Crippen molar-refractivity contribution in [1.82, 2.24) is 0 Å². The van der Waals surface area contributed by atoms with Crippen LogP contribution in [0, 0.1) is 34.5 Å². The average Bonchev–Trinajstić information content (AvgIpc) is 2.99. The highest BCUT2D eigenvalue weighted by atomic mass is 19.1. The molecule has 200 valence electrons. The van der Waals surface area contributed by atoms with E-state index in [1.54, 1.807) is 20.8 Å². The van der Waals surface area contributed by atoms with Gasteiger partial charge in [-0.05, 0) is 63.0 Å². The van der Waals surface area contributed by atoms with Gasteiger partial charge < -0.3 is 19.7 Å². The van der Waals surface area contributed by atoms with Crippen molar-refractivity contribution < 1.29 is 42.9 Å². The number of allylic oxidation sites excluding steroid dienone is 3. The second-order valence-electron chi connectivity index (χ2n) is 12.0. The smallest absolute Gasteiger partial charge is 0.508 e. The molecule has 0 aromatic heterocycles. The minimum Gasteiger partial charge on any atom is -0.508 e. The van der Waals surface area contributed by atoms with E-state index in [0.717, 1.165) is 12.2 Å². The Labute approximate surface area is 209 Å². The molecule has 7 nitrogen and oxygen atoms in total. The first kappa shape index (κ1) is 26.6. The Hall–Kier alpha value is -2.45. The molecule has 3 saturated carbocycles. The monoisotopic (exact) mass is 510 g/mol. The summed E-state index contributed by atoms with van der Waals surface area (Å²) in [6.07, 6.45) is -1.49. The van der Waals surface area contributed by atoms with Gasteiger partial charge in [-0.2, -0.15) is 0 Å². The van der Waals surface area contributed by atoms with E-state index in [0.29, 0.717) is 0 Å². The van der Waals surface area contributed by atoms with Gasteiger partial charge in [0.15, 0.2) is 5.78 Å². The number of fused-ring (bicyclic) bond motifs is 5. The molecule has 0 bridgehead atoms. The number of halogens is 2. The Kier molecular flexibility index (Phi) is 6.12. The predicted molar refractivity (Wildman–Crippen MR) is 126 cm³/mol. The van der Waals surface area contributed by atoms with E-state index in [-0.39, 0.29) is 37.2 Å². The summed E-state index contributed by atoms with van der Waals surface area (Å²) in [4.78, 5) is 38.7. The normalized spacial score (nSPS) is 44.5. The van der Waals surface area contributed by atoms with Crippen LogP contribution in [0.2, 0.25) is 0 Å². The maximum absolute atomic E-state index is 17.2. The van der Waals surface area contributed by atoms with Gasteiger partial charge in [0, 0.05) is 23.3 Å². The number of hydrogen-bond acceptors (Lipinski definition) is 6. The van der Waals surface area contributed by atoms with Crippen LogP contribution in [0.4, 0.5) is 13.6 Å². The SMILES string of the molecule is CC(C)C(C)OC(=O)O[C@]1(C(=O)O)[C@H](C)C[C@H]2[C@@H]3C[C@H](F)C4=CC(O)=CC(=O)[C@]4(C)[C@@]3(F)CC[C@@]21C. The molecule has 0 aliphatic heterocycles. The average molecular weight is 511 g/mol. The zero-order valence-corrected chi connectivity index (χ0v) is 21.6. The number of rotatable bonds is 4. The number of alkyl halides is 2. The Morgan fingerprint density at radius 3 is 2.33 bits per heavy atom. The van der Waals surface area contributed by atoms with Crippen LogP contribution in [-0.2, 0) is 19.1 Å². The lowest BCUT2D eigenvalue weighted by Gasteiger charge is -2.61. The second-order valence-corrected chi connectivity index (χ2v) is 12.0. The molecular weight excluding hydrogens is 474 g/mol. The van der Waals surface area contributed by atoms with Crippen molar-refractivity contribution in [2.75, 3.05) is 0 Å². The first-order valence-corrected chi connectivity index (χ1v) is 12.7. The summed E-state index contributed by atoms with van der Waals surface area (Å²) in [5.74, 6) is -4.82. The van der Waals surface area contributed by atoms with Gasteiger partial charge >= 0.3 is 12.1 Å². The van der Waals surface area contributed by atoms with E-state index in [1.807, 2.05) is 13.8 Å². The van der Waals surface area contributed by atoms with Crippen LogP contribution in [-0.4, -0.2) is 51.7 Å². The quantitative estimate of drug-likeness (QED) is 0.482. The Morgan fingerprint density at radius 1 is 1.11 bits per heavy atom. The second kappa shape index (κ2) is 8.28. The van der Waals surface area contributed by atoms with E-state index in [4.69, 9.17) is 9.47 Å². The van der Waals surface area contributed by atoms with Crippen LogP contribution in [0.5, 0.6) is 0 Å². The van der Waals surface area contributed by atoms with Gasteiger partial charge in [0.1, 0.15) is 23.7 Å². The number of carbonyl (C=O) groups is 3. The van der Waals surface area contributed by atoms with Crippen LogP contribution in [0.25, 0.3) is 0 Å². The highest BCUT2D eigenvalue weighted by molar-refractivity contribution is 6.00. The molecule has 4 aliphatic carbocycles. The lowest BCUT2D eigenvalue weighted by atomic mass is 9.44. The summed E-state index contributed by atoms with van der Waals surface area (Å²) in [5, 5.41) is 20.4. The Balaban J connectivity index is 1.76. The van der Waals surface area contributed by atoms with E-state index in [2.05, 4.69) is 0 Å². The zero-order chi connectivity index (χ0) is 27.0. The number of carboxylic acids is 1. The van der Waals surface area contributed by atoms with Crippen LogP contribution < -0.4 is 0 Å². The largest absolute Gasteiger partial charge is 0.509 e. The van der Waals surface area contributed by atoms with Gasteiger partial charge in [-0.25, -0.2) is 18.4 Å². The van der Waals surface area contributed by atoms with Gasteiger partial charge in [0.2, 0.25) is 5.60 Å². The number of carboxylic acid groups (broad SMARTS) is 1. The van der Waals surface area contributed by atoms with Crippen molar-refractivity contribution in [2.45, 2.75) is 90.8 Å². The van der Waals surface area contributed by atoms with Gasteiger partial charge in [-0.3, -0.25) is 4.79 Å². The predicted octanol–water partition coefficient (Wildman–Crippen LogP) is 5.49. The summed E-state index contributed by atoms with van der Waals surface area (Å²) >= 11 is 0. The zero-order valence-electron chi connectivity index (χ0n) is 21.6. The third kappa shape index (κ3) is 3.23. The molecule has 0 spiro atoms. The molecule has 0 aromatic rings. The first-order chi connectivity index (χ1) is 16.6. The Morgan fingerprint density at radius 2 is 1.75 bits per heavy atom. The molecule has 4 rings (SSSR count). The third-order valence-corrected chi connectivity index (χ3v) is 10.1. The van der Waals surface area contributed by atoms with Crippen molar-refractivity contribution in [3.63, 3.8) is 0 Å². The van der Waals surface area contributed by atoms with Gasteiger partial charge in [0.25, 0.3) is 0 Å². The maximum Gasteiger partial charge on any atom is 0.509 e.